The fraction of sp³-hybridized carbons (Fsp3) is 0.688. The second kappa shape index (κ2) is 6.02. The van der Waals surface area contributed by atoms with Crippen molar-refractivity contribution in [3.8, 4) is 0 Å². The van der Waals surface area contributed by atoms with E-state index in [0.717, 1.165) is 12.0 Å². The summed E-state index contributed by atoms with van der Waals surface area (Å²) < 4.78 is 0. The van der Waals surface area contributed by atoms with Gasteiger partial charge in [-0.2, -0.15) is 0 Å². The fourth-order valence-corrected chi connectivity index (χ4v) is 4.10. The number of hydrogen-bond donors (Lipinski definition) is 1. The Kier molecular flexibility index (Phi) is 4.14. The van der Waals surface area contributed by atoms with Crippen molar-refractivity contribution in [3.63, 3.8) is 0 Å². The third-order valence-electron chi connectivity index (χ3n) is 5.00. The van der Waals surface area contributed by atoms with Crippen molar-refractivity contribution in [2.24, 2.45) is 11.7 Å². The highest BCUT2D eigenvalue weighted by molar-refractivity contribution is 5.16. The number of rotatable bonds is 4. The molecular weight excluding hydrogens is 234 g/mol. The summed E-state index contributed by atoms with van der Waals surface area (Å²) in [7, 11) is 0. The smallest absolute Gasteiger partial charge is 0.0474 e. The van der Waals surface area contributed by atoms with Crippen LogP contribution in [0.5, 0.6) is 0 Å². The van der Waals surface area contributed by atoms with Gasteiger partial charge in [-0.3, -0.25) is 9.88 Å². The highest BCUT2D eigenvalue weighted by atomic mass is 15.2. The van der Waals surface area contributed by atoms with Crippen LogP contribution in [-0.4, -0.2) is 29.0 Å². The molecule has 1 saturated heterocycles. The molecule has 3 rings (SSSR count). The van der Waals surface area contributed by atoms with Crippen LogP contribution in [0.15, 0.2) is 24.5 Å². The van der Waals surface area contributed by atoms with Crippen LogP contribution < -0.4 is 5.73 Å². The molecule has 0 amide bonds. The highest BCUT2D eigenvalue weighted by Crippen LogP contribution is 2.39. The summed E-state index contributed by atoms with van der Waals surface area (Å²) >= 11 is 0. The summed E-state index contributed by atoms with van der Waals surface area (Å²) in [5, 5.41) is 0. The van der Waals surface area contributed by atoms with E-state index in [1.54, 1.807) is 0 Å². The van der Waals surface area contributed by atoms with E-state index in [-0.39, 0.29) is 0 Å². The number of hydrogen-bond acceptors (Lipinski definition) is 3. The SMILES string of the molecule is NCC(c1ccncc1)N1CCCC1C1CCCC1. The minimum absolute atomic E-state index is 0.385. The molecule has 3 nitrogen and oxygen atoms in total. The van der Waals surface area contributed by atoms with Gasteiger partial charge in [0.2, 0.25) is 0 Å². The first-order valence-electron chi connectivity index (χ1n) is 7.76. The van der Waals surface area contributed by atoms with Gasteiger partial charge in [0.25, 0.3) is 0 Å². The van der Waals surface area contributed by atoms with E-state index in [9.17, 15) is 0 Å². The van der Waals surface area contributed by atoms with E-state index < -0.39 is 0 Å². The maximum absolute atomic E-state index is 6.08. The predicted octanol–water partition coefficient (Wildman–Crippen LogP) is 2.74. The van der Waals surface area contributed by atoms with E-state index in [2.05, 4.69) is 22.0 Å². The minimum atomic E-state index is 0.385. The molecule has 2 unspecified atom stereocenters. The Bertz CT molecular complexity index is 386. The molecule has 19 heavy (non-hydrogen) atoms. The van der Waals surface area contributed by atoms with Gasteiger partial charge in [0.15, 0.2) is 0 Å². The zero-order valence-corrected chi connectivity index (χ0v) is 11.7. The Hall–Kier alpha value is -0.930. The van der Waals surface area contributed by atoms with Gasteiger partial charge in [0.1, 0.15) is 0 Å². The van der Waals surface area contributed by atoms with E-state index in [1.165, 1.54) is 50.6 Å². The molecule has 0 spiro atoms. The lowest BCUT2D eigenvalue weighted by molar-refractivity contribution is 0.138. The van der Waals surface area contributed by atoms with Gasteiger partial charge < -0.3 is 5.73 Å². The second-order valence-electron chi connectivity index (χ2n) is 6.02. The van der Waals surface area contributed by atoms with Crippen LogP contribution in [0.3, 0.4) is 0 Å². The Morgan fingerprint density at radius 3 is 2.58 bits per heavy atom. The van der Waals surface area contributed by atoms with Gasteiger partial charge in [-0.1, -0.05) is 12.8 Å². The molecule has 1 aliphatic heterocycles. The van der Waals surface area contributed by atoms with Crippen molar-refractivity contribution in [1.29, 1.82) is 0 Å². The summed E-state index contributed by atoms with van der Waals surface area (Å²) in [4.78, 5) is 6.81. The first kappa shape index (κ1) is 13.1. The fourth-order valence-electron chi connectivity index (χ4n) is 4.10. The number of aromatic nitrogens is 1. The standard InChI is InChI=1S/C16H25N3/c17-12-16(14-7-9-18-10-8-14)19-11-3-6-15(19)13-4-1-2-5-13/h7-10,13,15-16H,1-6,11-12,17H2. The molecule has 2 fully saturated rings. The van der Waals surface area contributed by atoms with Crippen molar-refractivity contribution >= 4 is 0 Å². The van der Waals surface area contributed by atoms with Gasteiger partial charge in [0, 0.05) is 31.0 Å². The van der Waals surface area contributed by atoms with E-state index in [1.807, 2.05) is 12.4 Å². The van der Waals surface area contributed by atoms with Crippen molar-refractivity contribution in [3.05, 3.63) is 30.1 Å². The summed E-state index contributed by atoms with van der Waals surface area (Å²) in [6.07, 6.45) is 12.2. The van der Waals surface area contributed by atoms with Gasteiger partial charge in [-0.05, 0) is 55.8 Å². The number of pyridine rings is 1. The molecule has 1 saturated carbocycles. The van der Waals surface area contributed by atoms with Crippen molar-refractivity contribution < 1.29 is 0 Å². The van der Waals surface area contributed by atoms with Crippen LogP contribution in [0.2, 0.25) is 0 Å². The summed E-state index contributed by atoms with van der Waals surface area (Å²) in [5.41, 5.74) is 7.42. The average Bonchev–Trinajstić information content (AvgIpc) is 3.11. The zero-order valence-electron chi connectivity index (χ0n) is 11.7. The summed E-state index contributed by atoms with van der Waals surface area (Å²) in [6.45, 7) is 1.93. The Labute approximate surface area is 116 Å². The minimum Gasteiger partial charge on any atom is -0.329 e. The van der Waals surface area contributed by atoms with Crippen molar-refractivity contribution in [2.45, 2.75) is 50.6 Å². The normalized spacial score (nSPS) is 26.9. The second-order valence-corrected chi connectivity index (χ2v) is 6.02. The lowest BCUT2D eigenvalue weighted by atomic mass is 9.94. The van der Waals surface area contributed by atoms with Crippen LogP contribution in [0.1, 0.15) is 50.1 Å². The molecule has 3 heteroatoms. The molecule has 2 N–H and O–H groups in total. The molecule has 0 aromatic carbocycles. The highest BCUT2D eigenvalue weighted by Gasteiger charge is 2.36. The average molecular weight is 259 g/mol. The molecule has 2 atom stereocenters. The maximum Gasteiger partial charge on any atom is 0.0474 e. The first-order valence-corrected chi connectivity index (χ1v) is 7.76. The van der Waals surface area contributed by atoms with Crippen LogP contribution in [0.25, 0.3) is 0 Å². The van der Waals surface area contributed by atoms with Crippen molar-refractivity contribution in [2.75, 3.05) is 13.1 Å². The largest absolute Gasteiger partial charge is 0.329 e. The molecular formula is C16H25N3. The van der Waals surface area contributed by atoms with E-state index in [0.29, 0.717) is 12.6 Å². The van der Waals surface area contributed by atoms with Crippen LogP contribution in [0.4, 0.5) is 0 Å². The molecule has 2 heterocycles. The first-order chi connectivity index (χ1) is 9.40. The van der Waals surface area contributed by atoms with E-state index in [4.69, 9.17) is 5.73 Å². The van der Waals surface area contributed by atoms with Crippen LogP contribution in [0, 0.1) is 5.92 Å². The van der Waals surface area contributed by atoms with Gasteiger partial charge in [0.05, 0.1) is 0 Å². The number of nitrogens with two attached hydrogens (primary N) is 1. The number of nitrogens with zero attached hydrogens (tertiary/aromatic N) is 2. The Morgan fingerprint density at radius 1 is 1.16 bits per heavy atom. The van der Waals surface area contributed by atoms with Crippen LogP contribution in [-0.2, 0) is 0 Å². The molecule has 1 aliphatic carbocycles. The molecule has 2 aliphatic rings. The van der Waals surface area contributed by atoms with Gasteiger partial charge in [-0.15, -0.1) is 0 Å². The maximum atomic E-state index is 6.08. The third-order valence-corrected chi connectivity index (χ3v) is 5.00. The zero-order chi connectivity index (χ0) is 13.1. The number of likely N-dealkylation sites (tertiary alicyclic amines) is 1. The van der Waals surface area contributed by atoms with Crippen LogP contribution >= 0.6 is 0 Å². The van der Waals surface area contributed by atoms with Crippen molar-refractivity contribution in [1.82, 2.24) is 9.88 Å². The monoisotopic (exact) mass is 259 g/mol. The third kappa shape index (κ3) is 2.67. The van der Waals surface area contributed by atoms with Gasteiger partial charge >= 0.3 is 0 Å². The van der Waals surface area contributed by atoms with Gasteiger partial charge in [-0.25, -0.2) is 0 Å². The molecule has 1 aromatic rings. The molecule has 0 bridgehead atoms. The summed E-state index contributed by atoms with van der Waals surface area (Å²) in [6, 6.07) is 5.41. The lowest BCUT2D eigenvalue weighted by Gasteiger charge is -2.35. The quantitative estimate of drug-likeness (QED) is 0.904. The molecule has 1 aromatic heterocycles. The Morgan fingerprint density at radius 2 is 1.89 bits per heavy atom. The Balaban J connectivity index is 1.78. The molecule has 0 radical (unpaired) electrons. The van der Waals surface area contributed by atoms with E-state index >= 15 is 0 Å². The topological polar surface area (TPSA) is 42.1 Å². The summed E-state index contributed by atoms with van der Waals surface area (Å²) in [5.74, 6) is 0.915. The molecule has 104 valence electrons. The predicted molar refractivity (Wildman–Crippen MR) is 77.7 cm³/mol. The lowest BCUT2D eigenvalue weighted by Crippen LogP contribution is -2.40.